The van der Waals surface area contributed by atoms with Crippen LogP contribution in [0, 0.1) is 0 Å². The van der Waals surface area contributed by atoms with Crippen molar-refractivity contribution in [3.8, 4) is 0 Å². The van der Waals surface area contributed by atoms with Gasteiger partial charge in [-0.1, -0.05) is 11.6 Å². The second kappa shape index (κ2) is 3.74. The number of halogens is 1. The van der Waals surface area contributed by atoms with Gasteiger partial charge in [-0.05, 0) is 24.9 Å². The van der Waals surface area contributed by atoms with Gasteiger partial charge in [-0.2, -0.15) is 0 Å². The van der Waals surface area contributed by atoms with Crippen molar-refractivity contribution in [3.63, 3.8) is 0 Å². The van der Waals surface area contributed by atoms with Crippen LogP contribution >= 0.6 is 23.5 Å². The van der Waals surface area contributed by atoms with Crippen molar-refractivity contribution < 1.29 is 0 Å². The molecule has 0 saturated heterocycles. The third kappa shape index (κ3) is 1.75. The van der Waals surface area contributed by atoms with Crippen molar-refractivity contribution in [2.45, 2.75) is 11.8 Å². The van der Waals surface area contributed by atoms with E-state index < -0.39 is 0 Å². The molecule has 13 heavy (non-hydrogen) atoms. The van der Waals surface area contributed by atoms with Gasteiger partial charge in [0.25, 0.3) is 0 Å². The van der Waals surface area contributed by atoms with Crippen molar-refractivity contribution in [1.29, 1.82) is 0 Å². The van der Waals surface area contributed by atoms with E-state index in [0.717, 1.165) is 23.9 Å². The van der Waals surface area contributed by atoms with Crippen LogP contribution in [0.5, 0.6) is 0 Å². The summed E-state index contributed by atoms with van der Waals surface area (Å²) < 4.78 is 3.21. The van der Waals surface area contributed by atoms with Crippen molar-refractivity contribution in [3.05, 3.63) is 17.3 Å². The van der Waals surface area contributed by atoms with Crippen LogP contribution in [0.15, 0.2) is 17.2 Å². The van der Waals surface area contributed by atoms with Gasteiger partial charge in [0, 0.05) is 12.7 Å². The van der Waals surface area contributed by atoms with Crippen molar-refractivity contribution in [2.24, 2.45) is 0 Å². The highest BCUT2D eigenvalue weighted by Gasteiger charge is 2.16. The SMILES string of the molecule is CCN1CNSc2cc(Cl)cnc21. The highest BCUT2D eigenvalue weighted by Crippen LogP contribution is 2.31. The topological polar surface area (TPSA) is 28.2 Å². The Hall–Kier alpha value is -0.450. The van der Waals surface area contributed by atoms with Crippen LogP contribution in [0.2, 0.25) is 5.02 Å². The molecule has 0 bridgehead atoms. The molecule has 1 aromatic heterocycles. The molecule has 3 nitrogen and oxygen atoms in total. The summed E-state index contributed by atoms with van der Waals surface area (Å²) in [7, 11) is 0. The molecule has 0 spiro atoms. The first-order valence-electron chi connectivity index (χ1n) is 4.11. The lowest BCUT2D eigenvalue weighted by atomic mass is 10.4. The Morgan fingerprint density at radius 2 is 2.62 bits per heavy atom. The van der Waals surface area contributed by atoms with Gasteiger partial charge in [-0.25, -0.2) is 9.71 Å². The molecule has 0 aromatic carbocycles. The molecule has 0 radical (unpaired) electrons. The van der Waals surface area contributed by atoms with E-state index in [1.807, 2.05) is 6.07 Å². The standard InChI is InChI=1S/C8H10ClN3S/c1-2-12-5-11-13-7-3-6(9)4-10-8(7)12/h3-4,11H,2,5H2,1H3. The first kappa shape index (κ1) is 9.12. The van der Waals surface area contributed by atoms with E-state index in [0.29, 0.717) is 5.02 Å². The Balaban J connectivity index is 2.40. The van der Waals surface area contributed by atoms with Gasteiger partial charge >= 0.3 is 0 Å². The van der Waals surface area contributed by atoms with Gasteiger partial charge in [0.05, 0.1) is 16.6 Å². The quantitative estimate of drug-likeness (QED) is 0.727. The highest BCUT2D eigenvalue weighted by molar-refractivity contribution is 7.97. The summed E-state index contributed by atoms with van der Waals surface area (Å²) in [6.07, 6.45) is 1.69. The Kier molecular flexibility index (Phi) is 2.62. The number of pyridine rings is 1. The lowest BCUT2D eigenvalue weighted by Crippen LogP contribution is -2.35. The second-order valence-electron chi connectivity index (χ2n) is 2.74. The molecule has 1 aliphatic heterocycles. The zero-order chi connectivity index (χ0) is 9.26. The molecule has 2 rings (SSSR count). The second-order valence-corrected chi connectivity index (χ2v) is 4.10. The molecule has 1 aromatic rings. The molecule has 2 heterocycles. The maximum atomic E-state index is 5.85. The Morgan fingerprint density at radius 3 is 3.38 bits per heavy atom. The van der Waals surface area contributed by atoms with Crippen LogP contribution < -0.4 is 9.62 Å². The summed E-state index contributed by atoms with van der Waals surface area (Å²) in [4.78, 5) is 7.57. The molecule has 1 aliphatic rings. The minimum atomic E-state index is 0.686. The fourth-order valence-electron chi connectivity index (χ4n) is 1.25. The van der Waals surface area contributed by atoms with Gasteiger partial charge in [0.15, 0.2) is 0 Å². The fourth-order valence-corrected chi connectivity index (χ4v) is 2.31. The fraction of sp³-hybridized carbons (Fsp3) is 0.375. The summed E-state index contributed by atoms with van der Waals surface area (Å²) in [6, 6.07) is 1.93. The number of anilines is 1. The number of hydrogen-bond donors (Lipinski definition) is 1. The summed E-state index contributed by atoms with van der Waals surface area (Å²) in [5.74, 6) is 1.02. The molecule has 0 unspecified atom stereocenters. The van der Waals surface area contributed by atoms with Crippen LogP contribution in [0.3, 0.4) is 0 Å². The summed E-state index contributed by atoms with van der Waals surface area (Å²) in [5, 5.41) is 0.686. The highest BCUT2D eigenvalue weighted by atomic mass is 35.5. The van der Waals surface area contributed by atoms with Gasteiger partial charge in [0.2, 0.25) is 0 Å². The minimum Gasteiger partial charge on any atom is -0.342 e. The average Bonchev–Trinajstić information content (AvgIpc) is 2.16. The van der Waals surface area contributed by atoms with Crippen molar-refractivity contribution in [2.75, 3.05) is 18.1 Å². The first-order chi connectivity index (χ1) is 6.31. The molecular weight excluding hydrogens is 206 g/mol. The van der Waals surface area contributed by atoms with E-state index in [1.165, 1.54) is 0 Å². The zero-order valence-corrected chi connectivity index (χ0v) is 8.82. The van der Waals surface area contributed by atoms with Crippen LogP contribution in [0.1, 0.15) is 6.92 Å². The molecule has 0 amide bonds. The number of hydrogen-bond acceptors (Lipinski definition) is 4. The summed E-state index contributed by atoms with van der Waals surface area (Å²) >= 11 is 7.43. The van der Waals surface area contributed by atoms with E-state index in [-0.39, 0.29) is 0 Å². The zero-order valence-electron chi connectivity index (χ0n) is 7.25. The lowest BCUT2D eigenvalue weighted by molar-refractivity contribution is 0.767. The number of fused-ring (bicyclic) bond motifs is 1. The van der Waals surface area contributed by atoms with E-state index in [4.69, 9.17) is 11.6 Å². The predicted molar refractivity (Wildman–Crippen MR) is 56.1 cm³/mol. The normalized spacial score (nSPS) is 15.7. The van der Waals surface area contributed by atoms with Gasteiger partial charge < -0.3 is 4.90 Å². The molecule has 5 heteroatoms. The molecule has 0 saturated carbocycles. The monoisotopic (exact) mass is 215 g/mol. The van der Waals surface area contributed by atoms with E-state index in [9.17, 15) is 0 Å². The van der Waals surface area contributed by atoms with E-state index in [2.05, 4.69) is 21.5 Å². The molecular formula is C8H10ClN3S. The smallest absolute Gasteiger partial charge is 0.144 e. The molecule has 70 valence electrons. The molecule has 1 N–H and O–H groups in total. The van der Waals surface area contributed by atoms with Crippen LogP contribution in [0.25, 0.3) is 0 Å². The molecule has 0 aliphatic carbocycles. The third-order valence-corrected chi connectivity index (χ3v) is 2.92. The number of nitrogens with zero attached hydrogens (tertiary/aromatic N) is 2. The van der Waals surface area contributed by atoms with Crippen LogP contribution in [0.4, 0.5) is 5.82 Å². The maximum absolute atomic E-state index is 5.85. The third-order valence-electron chi connectivity index (χ3n) is 1.92. The molecule has 0 fully saturated rings. The number of rotatable bonds is 1. The Morgan fingerprint density at radius 1 is 1.77 bits per heavy atom. The van der Waals surface area contributed by atoms with Crippen LogP contribution in [-0.2, 0) is 0 Å². The van der Waals surface area contributed by atoms with Gasteiger partial charge in [-0.15, -0.1) is 0 Å². The number of aromatic nitrogens is 1. The van der Waals surface area contributed by atoms with Gasteiger partial charge in [0.1, 0.15) is 5.82 Å². The Labute approximate surface area is 86.6 Å². The summed E-state index contributed by atoms with van der Waals surface area (Å²) in [5.41, 5.74) is 0. The first-order valence-corrected chi connectivity index (χ1v) is 5.31. The Bertz CT molecular complexity index is 318. The molecule has 0 atom stereocenters. The van der Waals surface area contributed by atoms with E-state index >= 15 is 0 Å². The van der Waals surface area contributed by atoms with E-state index in [1.54, 1.807) is 18.1 Å². The lowest BCUT2D eigenvalue weighted by Gasteiger charge is -2.28. The van der Waals surface area contributed by atoms with Crippen molar-refractivity contribution in [1.82, 2.24) is 9.71 Å². The van der Waals surface area contributed by atoms with Crippen LogP contribution in [-0.4, -0.2) is 18.2 Å². The predicted octanol–water partition coefficient (Wildman–Crippen LogP) is 2.13. The maximum Gasteiger partial charge on any atom is 0.144 e. The summed E-state index contributed by atoms with van der Waals surface area (Å²) in [6.45, 7) is 3.90. The largest absolute Gasteiger partial charge is 0.342 e. The average molecular weight is 216 g/mol. The number of nitrogens with one attached hydrogen (secondary N) is 1. The van der Waals surface area contributed by atoms with Crippen molar-refractivity contribution >= 4 is 29.4 Å². The minimum absolute atomic E-state index is 0.686. The van der Waals surface area contributed by atoms with Gasteiger partial charge in [-0.3, -0.25) is 0 Å².